The summed E-state index contributed by atoms with van der Waals surface area (Å²) in [4.78, 5) is 9.68. The molecule has 11 heteroatoms. The van der Waals surface area contributed by atoms with Crippen LogP contribution in [0.3, 0.4) is 0 Å². The van der Waals surface area contributed by atoms with E-state index in [4.69, 9.17) is 4.74 Å². The van der Waals surface area contributed by atoms with Crippen LogP contribution in [0.5, 0.6) is 5.75 Å². The highest BCUT2D eigenvalue weighted by Crippen LogP contribution is 2.41. The second kappa shape index (κ2) is 6.94. The largest absolute Gasteiger partial charge is 0.492 e. The van der Waals surface area contributed by atoms with Gasteiger partial charge in [0.05, 0.1) is 18.5 Å². The second-order valence-corrected chi connectivity index (χ2v) is 7.98. The van der Waals surface area contributed by atoms with E-state index in [0.717, 1.165) is 34.2 Å². The first kappa shape index (κ1) is 18.8. The number of alkyl halides is 3. The van der Waals surface area contributed by atoms with Gasteiger partial charge < -0.3 is 4.74 Å². The highest BCUT2D eigenvalue weighted by Gasteiger charge is 2.40. The van der Waals surface area contributed by atoms with Crippen LogP contribution >= 0.6 is 11.3 Å². The fourth-order valence-electron chi connectivity index (χ4n) is 3.22. The number of halogens is 3. The van der Waals surface area contributed by atoms with Crippen molar-refractivity contribution in [3.8, 4) is 39.0 Å². The third-order valence-electron chi connectivity index (χ3n) is 4.94. The zero-order valence-corrected chi connectivity index (χ0v) is 16.4. The standard InChI is InChI=1S/C19H15F3N6OS/c1-9(19(20,21)22)16-26-17(28-27-16)18-25-15-12-3-2-10(11-7-23-24-8-11)6-13(12)29-5-4-14(15)30-18/h2-3,6-9H,4-5H2,1H3,(H,23,24)(H,26,27,28). The summed E-state index contributed by atoms with van der Waals surface area (Å²) in [5.74, 6) is -1.11. The molecule has 0 saturated carbocycles. The zero-order chi connectivity index (χ0) is 20.9. The summed E-state index contributed by atoms with van der Waals surface area (Å²) in [6, 6.07) is 5.83. The molecule has 5 rings (SSSR count). The number of aromatic nitrogens is 6. The number of nitrogens with zero attached hydrogens (tertiary/aromatic N) is 4. The summed E-state index contributed by atoms with van der Waals surface area (Å²) in [5, 5.41) is 13.6. The molecule has 1 aromatic carbocycles. The minimum Gasteiger partial charge on any atom is -0.492 e. The van der Waals surface area contributed by atoms with Crippen molar-refractivity contribution >= 4 is 11.3 Å². The van der Waals surface area contributed by atoms with Gasteiger partial charge in [-0.3, -0.25) is 10.2 Å². The summed E-state index contributed by atoms with van der Waals surface area (Å²) >= 11 is 1.38. The molecular weight excluding hydrogens is 417 g/mol. The second-order valence-electron chi connectivity index (χ2n) is 6.89. The molecule has 0 spiro atoms. The van der Waals surface area contributed by atoms with Crippen LogP contribution in [0.1, 0.15) is 23.5 Å². The van der Waals surface area contributed by atoms with Crippen molar-refractivity contribution < 1.29 is 17.9 Å². The SMILES string of the molecule is CC(c1n[nH]c(-c2nc3c(s2)CCOc2cc(-c4cn[nH]c4)ccc2-3)n1)C(F)(F)F. The van der Waals surface area contributed by atoms with Gasteiger partial charge in [0.15, 0.2) is 16.7 Å². The molecule has 1 atom stereocenters. The number of fused-ring (bicyclic) bond motifs is 3. The summed E-state index contributed by atoms with van der Waals surface area (Å²) < 4.78 is 44.8. The number of benzene rings is 1. The van der Waals surface area contributed by atoms with Crippen LogP contribution in [0.2, 0.25) is 0 Å². The molecule has 0 amide bonds. The smallest absolute Gasteiger partial charge is 0.398 e. The summed E-state index contributed by atoms with van der Waals surface area (Å²) in [7, 11) is 0. The van der Waals surface area contributed by atoms with Crippen molar-refractivity contribution in [2.24, 2.45) is 0 Å². The maximum atomic E-state index is 13.0. The van der Waals surface area contributed by atoms with E-state index in [2.05, 4.69) is 30.4 Å². The molecule has 4 heterocycles. The molecule has 1 aliphatic rings. The van der Waals surface area contributed by atoms with Gasteiger partial charge in [-0.2, -0.15) is 23.4 Å². The third-order valence-corrected chi connectivity index (χ3v) is 6.06. The van der Waals surface area contributed by atoms with Crippen LogP contribution in [0, 0.1) is 0 Å². The van der Waals surface area contributed by atoms with Crippen molar-refractivity contribution in [3.05, 3.63) is 41.3 Å². The van der Waals surface area contributed by atoms with Crippen molar-refractivity contribution in [1.82, 2.24) is 30.4 Å². The fourth-order valence-corrected chi connectivity index (χ4v) is 4.22. The van der Waals surface area contributed by atoms with Crippen LogP contribution in [0.15, 0.2) is 30.6 Å². The molecule has 1 unspecified atom stereocenters. The monoisotopic (exact) mass is 432 g/mol. The Labute approximate surface area is 172 Å². The van der Waals surface area contributed by atoms with Gasteiger partial charge >= 0.3 is 6.18 Å². The molecule has 0 fully saturated rings. The maximum absolute atomic E-state index is 13.0. The Hall–Kier alpha value is -3.21. The van der Waals surface area contributed by atoms with E-state index in [0.29, 0.717) is 23.8 Å². The molecule has 0 radical (unpaired) electrons. The lowest BCUT2D eigenvalue weighted by molar-refractivity contribution is -0.147. The van der Waals surface area contributed by atoms with Gasteiger partial charge in [-0.25, -0.2) is 9.97 Å². The zero-order valence-electron chi connectivity index (χ0n) is 15.6. The predicted octanol–water partition coefficient (Wildman–Crippen LogP) is 4.59. The Bertz CT molecular complexity index is 1200. The number of hydrogen-bond acceptors (Lipinski definition) is 6. The van der Waals surface area contributed by atoms with E-state index < -0.39 is 12.1 Å². The first-order valence-corrected chi connectivity index (χ1v) is 9.97. The van der Waals surface area contributed by atoms with Gasteiger partial charge in [0.25, 0.3) is 0 Å². The summed E-state index contributed by atoms with van der Waals surface area (Å²) in [6.45, 7) is 1.51. The molecule has 30 heavy (non-hydrogen) atoms. The normalized spacial score (nSPS) is 14.5. The predicted molar refractivity (Wildman–Crippen MR) is 104 cm³/mol. The average Bonchev–Trinajstić information content (AvgIpc) is 3.46. The number of H-pyrrole nitrogens is 2. The van der Waals surface area contributed by atoms with E-state index in [1.807, 2.05) is 18.2 Å². The molecule has 0 bridgehead atoms. The average molecular weight is 432 g/mol. The van der Waals surface area contributed by atoms with Gasteiger partial charge in [0.2, 0.25) is 0 Å². The topological polar surface area (TPSA) is 92.4 Å². The Morgan fingerprint density at radius 2 is 2.07 bits per heavy atom. The van der Waals surface area contributed by atoms with Crippen molar-refractivity contribution in [3.63, 3.8) is 0 Å². The molecule has 2 N–H and O–H groups in total. The summed E-state index contributed by atoms with van der Waals surface area (Å²) in [5.41, 5.74) is 3.49. The highest BCUT2D eigenvalue weighted by molar-refractivity contribution is 7.15. The minimum atomic E-state index is -4.40. The molecule has 7 nitrogen and oxygen atoms in total. The van der Waals surface area contributed by atoms with Gasteiger partial charge in [-0.05, 0) is 24.6 Å². The highest BCUT2D eigenvalue weighted by atomic mass is 32.1. The molecular formula is C19H15F3N6OS. The van der Waals surface area contributed by atoms with Crippen molar-refractivity contribution in [1.29, 1.82) is 0 Å². The minimum absolute atomic E-state index is 0.233. The lowest BCUT2D eigenvalue weighted by atomic mass is 10.0. The van der Waals surface area contributed by atoms with Gasteiger partial charge in [0, 0.05) is 28.6 Å². The van der Waals surface area contributed by atoms with E-state index in [1.165, 1.54) is 11.3 Å². The third kappa shape index (κ3) is 3.24. The van der Waals surface area contributed by atoms with Crippen LogP contribution < -0.4 is 4.74 Å². The van der Waals surface area contributed by atoms with Gasteiger partial charge in [-0.1, -0.05) is 6.07 Å². The van der Waals surface area contributed by atoms with Crippen LogP contribution in [0.25, 0.3) is 33.2 Å². The first-order valence-electron chi connectivity index (χ1n) is 9.15. The molecule has 1 aliphatic heterocycles. The Balaban J connectivity index is 1.52. The Morgan fingerprint density at radius 3 is 2.83 bits per heavy atom. The molecule has 4 aromatic rings. The van der Waals surface area contributed by atoms with E-state index in [1.54, 1.807) is 12.4 Å². The van der Waals surface area contributed by atoms with E-state index >= 15 is 0 Å². The molecule has 0 aliphatic carbocycles. The van der Waals surface area contributed by atoms with Gasteiger partial charge in [0.1, 0.15) is 11.7 Å². The van der Waals surface area contributed by atoms with Gasteiger partial charge in [-0.15, -0.1) is 11.3 Å². The number of ether oxygens (including phenoxy) is 1. The van der Waals surface area contributed by atoms with Crippen molar-refractivity contribution in [2.45, 2.75) is 25.4 Å². The van der Waals surface area contributed by atoms with E-state index in [-0.39, 0.29) is 11.6 Å². The lowest BCUT2D eigenvalue weighted by Crippen LogP contribution is -2.18. The first-order chi connectivity index (χ1) is 14.4. The molecule has 154 valence electrons. The summed E-state index contributed by atoms with van der Waals surface area (Å²) in [6.07, 6.45) is -0.229. The van der Waals surface area contributed by atoms with Crippen LogP contribution in [0.4, 0.5) is 13.2 Å². The van der Waals surface area contributed by atoms with Crippen molar-refractivity contribution in [2.75, 3.05) is 6.61 Å². The van der Waals surface area contributed by atoms with Crippen LogP contribution in [-0.4, -0.2) is 43.1 Å². The van der Waals surface area contributed by atoms with Crippen LogP contribution in [-0.2, 0) is 6.42 Å². The number of nitrogens with one attached hydrogen (secondary N) is 2. The molecule has 0 saturated heterocycles. The Morgan fingerprint density at radius 1 is 1.20 bits per heavy atom. The number of hydrogen-bond donors (Lipinski definition) is 2. The molecule has 3 aromatic heterocycles. The number of rotatable bonds is 3. The van der Waals surface area contributed by atoms with E-state index in [9.17, 15) is 13.2 Å². The quantitative estimate of drug-likeness (QED) is 0.494. The number of aromatic amines is 2. The maximum Gasteiger partial charge on any atom is 0.398 e. The lowest BCUT2D eigenvalue weighted by Gasteiger charge is -2.10. The fraction of sp³-hybridized carbons (Fsp3) is 0.263. The number of thiazole rings is 1. The Kier molecular flexibility index (Phi) is 4.35.